The van der Waals surface area contributed by atoms with Crippen LogP contribution in [-0.4, -0.2) is 59.5 Å². The van der Waals surface area contributed by atoms with E-state index < -0.39 is 5.82 Å². The average Bonchev–Trinajstić information content (AvgIpc) is 2.88. The van der Waals surface area contributed by atoms with E-state index in [1.807, 2.05) is 6.92 Å². The van der Waals surface area contributed by atoms with Crippen LogP contribution in [0.3, 0.4) is 0 Å². The highest BCUT2D eigenvalue weighted by Crippen LogP contribution is 2.22. The summed E-state index contributed by atoms with van der Waals surface area (Å²) in [5.74, 6) is -0.925. The highest BCUT2D eigenvalue weighted by Gasteiger charge is 2.21. The zero-order chi connectivity index (χ0) is 23.9. The van der Waals surface area contributed by atoms with Crippen molar-refractivity contribution in [2.24, 2.45) is 0 Å². The summed E-state index contributed by atoms with van der Waals surface area (Å²) in [6, 6.07) is 13.1. The Bertz CT molecular complexity index is 1170. The molecule has 3 N–H and O–H groups in total. The molecule has 9 nitrogen and oxygen atoms in total. The van der Waals surface area contributed by atoms with E-state index in [1.54, 1.807) is 47.5 Å². The van der Waals surface area contributed by atoms with Gasteiger partial charge in [0.1, 0.15) is 5.82 Å². The highest BCUT2D eigenvalue weighted by molar-refractivity contribution is 5.95. The quantitative estimate of drug-likeness (QED) is 0.462. The second-order valence-corrected chi connectivity index (χ2v) is 7.55. The van der Waals surface area contributed by atoms with Gasteiger partial charge in [-0.1, -0.05) is 19.1 Å². The maximum Gasteiger partial charge on any atom is 0.265 e. The number of hydrogen-bond donors (Lipinski definition) is 3. The van der Waals surface area contributed by atoms with Crippen molar-refractivity contribution >= 4 is 23.5 Å². The number of carbonyl (C=O) groups excluding carboxylic acids is 2. The van der Waals surface area contributed by atoms with Crippen LogP contribution in [0.1, 0.15) is 27.6 Å². The molecule has 2 amide bonds. The fourth-order valence-corrected chi connectivity index (χ4v) is 3.45. The van der Waals surface area contributed by atoms with Crippen molar-refractivity contribution in [1.82, 2.24) is 25.7 Å². The standard InChI is InChI=1S/C24H25FN6O3/c1-2-27-30-22(32)17-5-3-16(4-6-17)21-9-10-26-24(29-21)28-18-7-8-19(20(25)15-18)23(33)31-11-13-34-14-12-31/h3-10,15,27H,2,11-14H2,1H3,(H,30,32)(H,26,28,29). The molecule has 1 aliphatic rings. The molecule has 34 heavy (non-hydrogen) atoms. The smallest absolute Gasteiger partial charge is 0.265 e. The molecule has 0 bridgehead atoms. The van der Waals surface area contributed by atoms with Crippen molar-refractivity contribution < 1.29 is 18.7 Å². The van der Waals surface area contributed by atoms with Crippen LogP contribution < -0.4 is 16.2 Å². The summed E-state index contributed by atoms with van der Waals surface area (Å²) in [6.45, 7) is 4.30. The molecule has 1 aromatic heterocycles. The molecule has 10 heteroatoms. The van der Waals surface area contributed by atoms with Gasteiger partial charge in [0.05, 0.1) is 24.5 Å². The fraction of sp³-hybridized carbons (Fsp3) is 0.250. The number of aromatic nitrogens is 2. The molecule has 1 saturated heterocycles. The van der Waals surface area contributed by atoms with Crippen LogP contribution in [0, 0.1) is 5.82 Å². The van der Waals surface area contributed by atoms with Crippen molar-refractivity contribution in [2.75, 3.05) is 38.2 Å². The predicted molar refractivity (Wildman–Crippen MR) is 125 cm³/mol. The lowest BCUT2D eigenvalue weighted by Crippen LogP contribution is -2.41. The molecule has 1 fully saturated rings. The Hall–Kier alpha value is -3.89. The van der Waals surface area contributed by atoms with E-state index in [2.05, 4.69) is 26.1 Å². The van der Waals surface area contributed by atoms with Gasteiger partial charge in [0, 0.05) is 42.6 Å². The van der Waals surface area contributed by atoms with Gasteiger partial charge in [-0.25, -0.2) is 19.8 Å². The summed E-state index contributed by atoms with van der Waals surface area (Å²) >= 11 is 0. The normalized spacial score (nSPS) is 13.4. The number of nitrogens with one attached hydrogen (secondary N) is 3. The van der Waals surface area contributed by atoms with Crippen LogP contribution >= 0.6 is 0 Å². The Balaban J connectivity index is 1.45. The lowest BCUT2D eigenvalue weighted by molar-refractivity contribution is 0.0300. The van der Waals surface area contributed by atoms with Crippen molar-refractivity contribution in [2.45, 2.75) is 6.92 Å². The largest absolute Gasteiger partial charge is 0.378 e. The number of nitrogens with zero attached hydrogens (tertiary/aromatic N) is 3. The van der Waals surface area contributed by atoms with Gasteiger partial charge in [-0.05, 0) is 36.4 Å². The molecule has 2 aromatic carbocycles. The van der Waals surface area contributed by atoms with Crippen molar-refractivity contribution in [3.05, 3.63) is 71.7 Å². The number of carbonyl (C=O) groups is 2. The Kier molecular flexibility index (Phi) is 7.41. The minimum absolute atomic E-state index is 0.0142. The Morgan fingerprint density at radius 3 is 2.56 bits per heavy atom. The third kappa shape index (κ3) is 5.53. The van der Waals surface area contributed by atoms with E-state index in [1.165, 1.54) is 12.1 Å². The van der Waals surface area contributed by atoms with Gasteiger partial charge >= 0.3 is 0 Å². The topological polar surface area (TPSA) is 108 Å². The maximum atomic E-state index is 14.7. The van der Waals surface area contributed by atoms with Crippen LogP contribution in [0.2, 0.25) is 0 Å². The summed E-state index contributed by atoms with van der Waals surface area (Å²) in [5, 5.41) is 2.97. The van der Waals surface area contributed by atoms with Crippen LogP contribution in [-0.2, 0) is 4.74 Å². The number of rotatable bonds is 7. The minimum atomic E-state index is -0.621. The monoisotopic (exact) mass is 464 g/mol. The van der Waals surface area contributed by atoms with Crippen molar-refractivity contribution in [3.8, 4) is 11.3 Å². The zero-order valence-corrected chi connectivity index (χ0v) is 18.7. The summed E-state index contributed by atoms with van der Waals surface area (Å²) in [5.41, 5.74) is 7.74. The Morgan fingerprint density at radius 1 is 1.09 bits per heavy atom. The number of anilines is 2. The molecule has 0 spiro atoms. The molecule has 0 aliphatic carbocycles. The molecule has 3 aromatic rings. The van der Waals surface area contributed by atoms with Crippen LogP contribution in [0.25, 0.3) is 11.3 Å². The van der Waals surface area contributed by atoms with Gasteiger partial charge in [0.2, 0.25) is 5.95 Å². The SMILES string of the molecule is CCNNC(=O)c1ccc(-c2ccnc(Nc3ccc(C(=O)N4CCOCC4)c(F)c3)n2)cc1. The number of halogens is 1. The van der Waals surface area contributed by atoms with Gasteiger partial charge in [-0.2, -0.15) is 0 Å². The van der Waals surface area contributed by atoms with Gasteiger partial charge in [-0.3, -0.25) is 15.0 Å². The van der Waals surface area contributed by atoms with Crippen LogP contribution in [0.5, 0.6) is 0 Å². The number of amides is 2. The van der Waals surface area contributed by atoms with E-state index in [9.17, 15) is 14.0 Å². The lowest BCUT2D eigenvalue weighted by Gasteiger charge is -2.27. The first kappa shape index (κ1) is 23.3. The first-order chi connectivity index (χ1) is 16.5. The van der Waals surface area contributed by atoms with E-state index in [4.69, 9.17) is 4.74 Å². The molecular weight excluding hydrogens is 439 g/mol. The maximum absolute atomic E-state index is 14.7. The van der Waals surface area contributed by atoms with E-state index in [-0.39, 0.29) is 23.3 Å². The summed E-state index contributed by atoms with van der Waals surface area (Å²) in [4.78, 5) is 34.8. The third-order valence-corrected chi connectivity index (χ3v) is 5.23. The van der Waals surface area contributed by atoms with Gasteiger partial charge < -0.3 is 15.0 Å². The van der Waals surface area contributed by atoms with Crippen LogP contribution in [0.4, 0.5) is 16.0 Å². The number of ether oxygens (including phenoxy) is 1. The van der Waals surface area contributed by atoms with Gasteiger partial charge in [0.25, 0.3) is 11.8 Å². The van der Waals surface area contributed by atoms with Crippen molar-refractivity contribution in [1.29, 1.82) is 0 Å². The molecule has 1 aliphatic heterocycles. The minimum Gasteiger partial charge on any atom is -0.378 e. The molecule has 4 rings (SSSR count). The highest BCUT2D eigenvalue weighted by atomic mass is 19.1. The second-order valence-electron chi connectivity index (χ2n) is 7.55. The van der Waals surface area contributed by atoms with E-state index >= 15 is 0 Å². The lowest BCUT2D eigenvalue weighted by atomic mass is 10.1. The predicted octanol–water partition coefficient (Wildman–Crippen LogP) is 2.75. The molecule has 2 heterocycles. The number of benzene rings is 2. The fourth-order valence-electron chi connectivity index (χ4n) is 3.45. The molecular formula is C24H25FN6O3. The van der Waals surface area contributed by atoms with E-state index in [0.29, 0.717) is 49.8 Å². The molecule has 0 radical (unpaired) electrons. The van der Waals surface area contributed by atoms with Crippen LogP contribution in [0.15, 0.2) is 54.7 Å². The summed E-state index contributed by atoms with van der Waals surface area (Å²) < 4.78 is 19.9. The first-order valence-corrected chi connectivity index (χ1v) is 11.0. The molecule has 0 unspecified atom stereocenters. The molecule has 0 atom stereocenters. The number of hydrazine groups is 1. The second kappa shape index (κ2) is 10.8. The third-order valence-electron chi connectivity index (χ3n) is 5.23. The molecule has 0 saturated carbocycles. The van der Waals surface area contributed by atoms with Gasteiger partial charge in [0.15, 0.2) is 0 Å². The summed E-state index contributed by atoms with van der Waals surface area (Å²) in [6.07, 6.45) is 1.59. The Labute approximate surface area is 196 Å². The first-order valence-electron chi connectivity index (χ1n) is 11.0. The van der Waals surface area contributed by atoms with Crippen molar-refractivity contribution in [3.63, 3.8) is 0 Å². The zero-order valence-electron chi connectivity index (χ0n) is 18.7. The summed E-state index contributed by atoms with van der Waals surface area (Å²) in [7, 11) is 0. The van der Waals surface area contributed by atoms with Gasteiger partial charge in [-0.15, -0.1) is 0 Å². The Morgan fingerprint density at radius 2 is 1.85 bits per heavy atom. The molecule has 176 valence electrons. The van der Waals surface area contributed by atoms with E-state index in [0.717, 1.165) is 5.56 Å². The number of morpholine rings is 1. The number of hydrogen-bond acceptors (Lipinski definition) is 7. The average molecular weight is 465 g/mol.